The van der Waals surface area contributed by atoms with Gasteiger partial charge in [-0.05, 0) is 45.9 Å². The second-order valence-electron chi connectivity index (χ2n) is 4.26. The van der Waals surface area contributed by atoms with Gasteiger partial charge in [-0.3, -0.25) is 0 Å². The first kappa shape index (κ1) is 13.0. The van der Waals surface area contributed by atoms with Crippen molar-refractivity contribution in [3.63, 3.8) is 0 Å². The van der Waals surface area contributed by atoms with Gasteiger partial charge in [-0.2, -0.15) is 0 Å². The summed E-state index contributed by atoms with van der Waals surface area (Å²) in [6.07, 6.45) is -0.654. The highest BCUT2D eigenvalue weighted by atomic mass is 19.1. The maximum absolute atomic E-state index is 13.1. The maximum atomic E-state index is 13.1. The zero-order chi connectivity index (χ0) is 12.3. The summed E-state index contributed by atoms with van der Waals surface area (Å²) in [5, 5.41) is 9.66. The first-order chi connectivity index (χ1) is 7.47. The number of aliphatic hydroxyl groups excluding tert-OH is 1. The van der Waals surface area contributed by atoms with Crippen LogP contribution < -0.4 is 4.90 Å². The quantitative estimate of drug-likeness (QED) is 0.851. The molecule has 0 radical (unpaired) electrons. The average molecular weight is 225 g/mol. The van der Waals surface area contributed by atoms with Crippen molar-refractivity contribution >= 4 is 5.69 Å². The summed E-state index contributed by atoms with van der Waals surface area (Å²) in [5.74, 6) is -0.306. The van der Waals surface area contributed by atoms with Gasteiger partial charge in [-0.1, -0.05) is 0 Å². The third-order valence-corrected chi connectivity index (χ3v) is 2.71. The van der Waals surface area contributed by atoms with Gasteiger partial charge in [0.2, 0.25) is 0 Å². The Balaban J connectivity index is 3.20. The largest absolute Gasteiger partial charge is 0.389 e. The highest BCUT2D eigenvalue weighted by Gasteiger charge is 2.16. The number of hydrogen-bond acceptors (Lipinski definition) is 2. The fraction of sp³-hybridized carbons (Fsp3) is 0.538. The molecule has 0 saturated heterocycles. The molecule has 0 bridgehead atoms. The molecule has 1 aromatic carbocycles. The van der Waals surface area contributed by atoms with Crippen molar-refractivity contribution in [2.45, 2.75) is 39.8 Å². The number of hydrogen-bond donors (Lipinski definition) is 1. The highest BCUT2D eigenvalue weighted by molar-refractivity contribution is 5.55. The first-order valence-electron chi connectivity index (χ1n) is 5.71. The Kier molecular flexibility index (Phi) is 4.30. The number of rotatable bonds is 4. The van der Waals surface area contributed by atoms with Crippen molar-refractivity contribution < 1.29 is 9.50 Å². The van der Waals surface area contributed by atoms with Gasteiger partial charge in [-0.25, -0.2) is 4.39 Å². The van der Waals surface area contributed by atoms with E-state index in [-0.39, 0.29) is 5.82 Å². The van der Waals surface area contributed by atoms with E-state index in [1.54, 1.807) is 13.0 Å². The van der Waals surface area contributed by atoms with E-state index < -0.39 is 6.10 Å². The first-order valence-corrected chi connectivity index (χ1v) is 5.71. The molecule has 2 nitrogen and oxygen atoms in total. The summed E-state index contributed by atoms with van der Waals surface area (Å²) >= 11 is 0. The van der Waals surface area contributed by atoms with E-state index in [1.165, 1.54) is 12.1 Å². The molecule has 90 valence electrons. The Hall–Kier alpha value is -1.09. The summed E-state index contributed by atoms with van der Waals surface area (Å²) < 4.78 is 13.1. The van der Waals surface area contributed by atoms with Crippen LogP contribution >= 0.6 is 0 Å². The second kappa shape index (κ2) is 5.30. The van der Waals surface area contributed by atoms with Gasteiger partial charge in [0.25, 0.3) is 0 Å². The van der Waals surface area contributed by atoms with Gasteiger partial charge in [0.15, 0.2) is 0 Å². The van der Waals surface area contributed by atoms with Crippen molar-refractivity contribution in [2.75, 3.05) is 11.4 Å². The van der Waals surface area contributed by atoms with Crippen LogP contribution in [0.2, 0.25) is 0 Å². The Morgan fingerprint density at radius 1 is 1.31 bits per heavy atom. The molecule has 0 aromatic heterocycles. The number of aliphatic hydroxyl groups is 1. The van der Waals surface area contributed by atoms with E-state index in [4.69, 9.17) is 0 Å². The van der Waals surface area contributed by atoms with Crippen LogP contribution in [-0.2, 0) is 0 Å². The molecule has 1 atom stereocenters. The lowest BCUT2D eigenvalue weighted by Gasteiger charge is -2.30. The summed E-state index contributed by atoms with van der Waals surface area (Å²) in [5.41, 5.74) is 1.56. The molecule has 0 spiro atoms. The summed E-state index contributed by atoms with van der Waals surface area (Å²) in [6, 6.07) is 4.91. The second-order valence-corrected chi connectivity index (χ2v) is 4.26. The van der Waals surface area contributed by atoms with Crippen molar-refractivity contribution in [1.29, 1.82) is 0 Å². The standard InChI is InChI=1S/C13H20FNO/c1-5-15(9(2)3)13-7-6-11(14)8-12(13)10(4)16/h6-10,16H,5H2,1-4H3/t10-/m0/s1. The third kappa shape index (κ3) is 2.73. The Morgan fingerprint density at radius 3 is 2.38 bits per heavy atom. The van der Waals surface area contributed by atoms with E-state index in [2.05, 4.69) is 25.7 Å². The van der Waals surface area contributed by atoms with E-state index in [0.717, 1.165) is 12.2 Å². The number of benzene rings is 1. The molecule has 0 aliphatic heterocycles. The molecule has 1 rings (SSSR count). The third-order valence-electron chi connectivity index (χ3n) is 2.71. The Morgan fingerprint density at radius 2 is 1.94 bits per heavy atom. The Labute approximate surface area is 96.7 Å². The highest BCUT2D eigenvalue weighted by Crippen LogP contribution is 2.28. The van der Waals surface area contributed by atoms with Crippen molar-refractivity contribution in [3.8, 4) is 0 Å². The molecule has 16 heavy (non-hydrogen) atoms. The van der Waals surface area contributed by atoms with Crippen LogP contribution in [0.5, 0.6) is 0 Å². The van der Waals surface area contributed by atoms with Crippen LogP contribution in [0.3, 0.4) is 0 Å². The lowest BCUT2D eigenvalue weighted by molar-refractivity contribution is 0.199. The van der Waals surface area contributed by atoms with Crippen molar-refractivity contribution in [1.82, 2.24) is 0 Å². The molecular weight excluding hydrogens is 205 g/mol. The lowest BCUT2D eigenvalue weighted by Crippen LogP contribution is -2.31. The zero-order valence-corrected chi connectivity index (χ0v) is 10.4. The van der Waals surface area contributed by atoms with Gasteiger partial charge < -0.3 is 10.0 Å². The smallest absolute Gasteiger partial charge is 0.123 e. The summed E-state index contributed by atoms with van der Waals surface area (Å²) in [6.45, 7) is 8.71. The molecule has 0 aliphatic rings. The van der Waals surface area contributed by atoms with E-state index in [9.17, 15) is 9.50 Å². The molecule has 0 aliphatic carbocycles. The van der Waals surface area contributed by atoms with Crippen molar-refractivity contribution in [2.24, 2.45) is 0 Å². The molecule has 1 N–H and O–H groups in total. The number of halogens is 1. The molecule has 3 heteroatoms. The summed E-state index contributed by atoms with van der Waals surface area (Å²) in [7, 11) is 0. The topological polar surface area (TPSA) is 23.5 Å². The summed E-state index contributed by atoms with van der Waals surface area (Å²) in [4.78, 5) is 2.14. The molecule has 0 heterocycles. The molecule has 0 saturated carbocycles. The van der Waals surface area contributed by atoms with Crippen LogP contribution in [0.15, 0.2) is 18.2 Å². The zero-order valence-electron chi connectivity index (χ0n) is 10.4. The van der Waals surface area contributed by atoms with Crippen LogP contribution in [0.25, 0.3) is 0 Å². The predicted molar refractivity (Wildman–Crippen MR) is 65.2 cm³/mol. The Bertz CT molecular complexity index is 350. The van der Waals surface area contributed by atoms with E-state index in [0.29, 0.717) is 11.6 Å². The average Bonchev–Trinajstić information content (AvgIpc) is 2.20. The maximum Gasteiger partial charge on any atom is 0.123 e. The molecule has 1 aromatic rings. The van der Waals surface area contributed by atoms with E-state index >= 15 is 0 Å². The predicted octanol–water partition coefficient (Wildman–Crippen LogP) is 3.11. The lowest BCUT2D eigenvalue weighted by atomic mass is 10.1. The van der Waals surface area contributed by atoms with Crippen LogP contribution in [0.4, 0.5) is 10.1 Å². The molecule has 0 unspecified atom stereocenters. The van der Waals surface area contributed by atoms with Crippen LogP contribution in [0, 0.1) is 5.82 Å². The number of nitrogens with zero attached hydrogens (tertiary/aromatic N) is 1. The number of anilines is 1. The van der Waals surface area contributed by atoms with Gasteiger partial charge in [0, 0.05) is 23.8 Å². The minimum atomic E-state index is -0.654. The molecular formula is C13H20FNO. The SMILES string of the molecule is CCN(c1ccc(F)cc1[C@H](C)O)C(C)C. The fourth-order valence-corrected chi connectivity index (χ4v) is 1.94. The van der Waals surface area contributed by atoms with Crippen LogP contribution in [0.1, 0.15) is 39.4 Å². The molecule has 0 amide bonds. The van der Waals surface area contributed by atoms with Crippen molar-refractivity contribution in [3.05, 3.63) is 29.6 Å². The minimum absolute atomic E-state index is 0.306. The van der Waals surface area contributed by atoms with Gasteiger partial charge >= 0.3 is 0 Å². The van der Waals surface area contributed by atoms with E-state index in [1.807, 2.05) is 0 Å². The minimum Gasteiger partial charge on any atom is -0.389 e. The van der Waals surface area contributed by atoms with Gasteiger partial charge in [-0.15, -0.1) is 0 Å². The van der Waals surface area contributed by atoms with Gasteiger partial charge in [0.1, 0.15) is 5.82 Å². The fourth-order valence-electron chi connectivity index (χ4n) is 1.94. The molecule has 0 fully saturated rings. The van der Waals surface area contributed by atoms with Gasteiger partial charge in [0.05, 0.1) is 6.10 Å². The monoisotopic (exact) mass is 225 g/mol. The van der Waals surface area contributed by atoms with Crippen LogP contribution in [-0.4, -0.2) is 17.7 Å². The normalized spacial score (nSPS) is 12.9.